The molecule has 0 aromatic carbocycles. The van der Waals surface area contributed by atoms with Gasteiger partial charge in [0.25, 0.3) is 0 Å². The maximum Gasteiger partial charge on any atom is 0.457 e. The molecule has 0 aliphatic rings. The third-order valence-corrected chi connectivity index (χ3v) is 2.31. The van der Waals surface area contributed by atoms with Gasteiger partial charge < -0.3 is 9.47 Å². The van der Waals surface area contributed by atoms with Crippen molar-refractivity contribution < 1.29 is 41.0 Å². The lowest BCUT2D eigenvalue weighted by molar-refractivity contribution is -0.264. The molecule has 0 bridgehead atoms. The molecule has 0 aromatic heterocycles. The van der Waals surface area contributed by atoms with Crippen LogP contribution >= 0.6 is 0 Å². The van der Waals surface area contributed by atoms with Gasteiger partial charge in [-0.15, -0.1) is 0 Å². The summed E-state index contributed by atoms with van der Waals surface area (Å²) in [5, 5.41) is 0. The summed E-state index contributed by atoms with van der Waals surface area (Å²) in [4.78, 5) is 22.4. The van der Waals surface area contributed by atoms with Crippen molar-refractivity contribution in [1.82, 2.24) is 0 Å². The summed E-state index contributed by atoms with van der Waals surface area (Å²) in [7, 11) is 0. The SMILES string of the molecule is C=C(C/C(=C\C(=O)OCC)C(F)(F)C(F)(F)F)C(=O)OCC. The fraction of sp³-hybridized carbons (Fsp3) is 0.538. The van der Waals surface area contributed by atoms with E-state index in [1.165, 1.54) is 13.8 Å². The van der Waals surface area contributed by atoms with E-state index in [0.717, 1.165) is 0 Å². The highest BCUT2D eigenvalue weighted by Gasteiger charge is 2.60. The van der Waals surface area contributed by atoms with Gasteiger partial charge in [0.05, 0.1) is 13.2 Å². The highest BCUT2D eigenvalue weighted by Crippen LogP contribution is 2.43. The summed E-state index contributed by atoms with van der Waals surface area (Å²) in [5.41, 5.74) is -2.28. The zero-order valence-corrected chi connectivity index (χ0v) is 11.9. The summed E-state index contributed by atoms with van der Waals surface area (Å²) in [6, 6.07) is 0. The molecule has 22 heavy (non-hydrogen) atoms. The number of alkyl halides is 5. The molecule has 0 aromatic rings. The van der Waals surface area contributed by atoms with Crippen LogP contribution in [0, 0.1) is 0 Å². The molecule has 0 amide bonds. The number of esters is 2. The zero-order chi connectivity index (χ0) is 17.6. The van der Waals surface area contributed by atoms with E-state index in [0.29, 0.717) is 0 Å². The molecule has 0 N–H and O–H groups in total. The number of allylic oxidation sites excluding steroid dienone is 1. The number of carbonyl (C=O) groups is 2. The van der Waals surface area contributed by atoms with E-state index in [1.807, 2.05) is 0 Å². The lowest BCUT2D eigenvalue weighted by Crippen LogP contribution is -2.39. The molecule has 0 aliphatic carbocycles. The Hall–Kier alpha value is -1.93. The molecule has 0 unspecified atom stereocenters. The Kier molecular flexibility index (Phi) is 7.21. The Bertz CT molecular complexity index is 466. The molecule has 126 valence electrons. The van der Waals surface area contributed by atoms with E-state index in [1.54, 1.807) is 0 Å². The molecule has 0 fully saturated rings. The standard InChI is InChI=1S/C13H15F5O4/c1-4-21-10(19)7-9(12(14,15)13(16,17)18)6-8(3)11(20)22-5-2/h7H,3-6H2,1-2H3/b9-7+. The Morgan fingerprint density at radius 1 is 1.05 bits per heavy atom. The Morgan fingerprint density at radius 2 is 1.55 bits per heavy atom. The number of carbonyl (C=O) groups excluding carboxylic acids is 2. The Labute approximate surface area is 123 Å². The van der Waals surface area contributed by atoms with Crippen molar-refractivity contribution in [3.8, 4) is 0 Å². The topological polar surface area (TPSA) is 52.6 Å². The number of rotatable bonds is 7. The van der Waals surface area contributed by atoms with Gasteiger partial charge >= 0.3 is 24.0 Å². The quantitative estimate of drug-likeness (QED) is 0.409. The maximum atomic E-state index is 13.4. The molecule has 0 rings (SSSR count). The summed E-state index contributed by atoms with van der Waals surface area (Å²) in [6.45, 7) is 5.55. The fourth-order valence-corrected chi connectivity index (χ4v) is 1.30. The summed E-state index contributed by atoms with van der Waals surface area (Å²) >= 11 is 0. The van der Waals surface area contributed by atoms with E-state index in [-0.39, 0.29) is 19.3 Å². The second kappa shape index (κ2) is 7.90. The fourth-order valence-electron chi connectivity index (χ4n) is 1.30. The minimum atomic E-state index is -5.93. The largest absolute Gasteiger partial charge is 0.463 e. The van der Waals surface area contributed by atoms with E-state index >= 15 is 0 Å². The molecule has 0 heterocycles. The lowest BCUT2D eigenvalue weighted by Gasteiger charge is -2.22. The van der Waals surface area contributed by atoms with Crippen LogP contribution in [-0.4, -0.2) is 37.3 Å². The van der Waals surface area contributed by atoms with Gasteiger partial charge in [0, 0.05) is 23.6 Å². The van der Waals surface area contributed by atoms with Crippen LogP contribution in [0.5, 0.6) is 0 Å². The van der Waals surface area contributed by atoms with Crippen molar-refractivity contribution in [2.45, 2.75) is 32.4 Å². The van der Waals surface area contributed by atoms with Crippen LogP contribution in [0.2, 0.25) is 0 Å². The summed E-state index contributed by atoms with van der Waals surface area (Å²) in [5.74, 6) is -7.82. The van der Waals surface area contributed by atoms with Crippen molar-refractivity contribution in [3.63, 3.8) is 0 Å². The number of hydrogen-bond donors (Lipinski definition) is 0. The van der Waals surface area contributed by atoms with E-state index in [4.69, 9.17) is 0 Å². The molecular weight excluding hydrogens is 315 g/mol. The second-order valence-electron chi connectivity index (χ2n) is 3.99. The van der Waals surface area contributed by atoms with Gasteiger partial charge in [-0.05, 0) is 13.8 Å². The monoisotopic (exact) mass is 330 g/mol. The van der Waals surface area contributed by atoms with Crippen LogP contribution in [0.4, 0.5) is 22.0 Å². The van der Waals surface area contributed by atoms with Gasteiger partial charge in [-0.2, -0.15) is 22.0 Å². The average molecular weight is 330 g/mol. The highest BCUT2D eigenvalue weighted by atomic mass is 19.4. The third kappa shape index (κ3) is 5.45. The smallest absolute Gasteiger partial charge is 0.457 e. The van der Waals surface area contributed by atoms with E-state index in [9.17, 15) is 31.5 Å². The van der Waals surface area contributed by atoms with E-state index in [2.05, 4.69) is 16.1 Å². The van der Waals surface area contributed by atoms with Crippen LogP contribution in [-0.2, 0) is 19.1 Å². The van der Waals surface area contributed by atoms with Crippen molar-refractivity contribution in [1.29, 1.82) is 0 Å². The highest BCUT2D eigenvalue weighted by molar-refractivity contribution is 5.89. The average Bonchev–Trinajstić information content (AvgIpc) is 2.36. The van der Waals surface area contributed by atoms with Crippen LogP contribution in [0.25, 0.3) is 0 Å². The van der Waals surface area contributed by atoms with E-state index < -0.39 is 41.6 Å². The van der Waals surface area contributed by atoms with Crippen LogP contribution < -0.4 is 0 Å². The molecule has 0 radical (unpaired) electrons. The number of halogens is 5. The molecule has 0 atom stereocenters. The van der Waals surface area contributed by atoms with Crippen molar-refractivity contribution in [3.05, 3.63) is 23.8 Å². The predicted octanol–water partition coefficient (Wildman–Crippen LogP) is 3.18. The molecule has 0 aliphatic heterocycles. The zero-order valence-electron chi connectivity index (χ0n) is 11.9. The first kappa shape index (κ1) is 20.1. The predicted molar refractivity (Wildman–Crippen MR) is 66.1 cm³/mol. The Balaban J connectivity index is 5.50. The maximum absolute atomic E-state index is 13.4. The first-order chi connectivity index (χ1) is 9.97. The van der Waals surface area contributed by atoms with Crippen molar-refractivity contribution >= 4 is 11.9 Å². The molecule has 0 spiro atoms. The lowest BCUT2D eigenvalue weighted by atomic mass is 9.99. The van der Waals surface area contributed by atoms with Crippen LogP contribution in [0.15, 0.2) is 23.8 Å². The molecule has 4 nitrogen and oxygen atoms in total. The summed E-state index contributed by atoms with van der Waals surface area (Å²) in [6.07, 6.45) is -7.09. The summed E-state index contributed by atoms with van der Waals surface area (Å²) < 4.78 is 72.9. The van der Waals surface area contributed by atoms with Crippen LogP contribution in [0.3, 0.4) is 0 Å². The van der Waals surface area contributed by atoms with Crippen molar-refractivity contribution in [2.24, 2.45) is 0 Å². The number of ether oxygens (including phenoxy) is 2. The first-order valence-electron chi connectivity index (χ1n) is 6.14. The van der Waals surface area contributed by atoms with Crippen LogP contribution in [0.1, 0.15) is 20.3 Å². The third-order valence-electron chi connectivity index (χ3n) is 2.31. The minimum Gasteiger partial charge on any atom is -0.463 e. The van der Waals surface area contributed by atoms with Gasteiger partial charge in [0.1, 0.15) is 0 Å². The molecule has 9 heteroatoms. The minimum absolute atomic E-state index is 0.0153. The molecular formula is C13H15F5O4. The van der Waals surface area contributed by atoms with Crippen molar-refractivity contribution in [2.75, 3.05) is 13.2 Å². The number of hydrogen-bond acceptors (Lipinski definition) is 4. The molecule has 0 saturated heterocycles. The second-order valence-corrected chi connectivity index (χ2v) is 3.99. The van der Waals surface area contributed by atoms with Gasteiger partial charge in [-0.3, -0.25) is 0 Å². The normalized spacial score (nSPS) is 12.8. The Morgan fingerprint density at radius 3 is 1.95 bits per heavy atom. The van der Waals surface area contributed by atoms with Gasteiger partial charge in [-0.25, -0.2) is 9.59 Å². The first-order valence-corrected chi connectivity index (χ1v) is 6.14. The van der Waals surface area contributed by atoms with Gasteiger partial charge in [0.15, 0.2) is 0 Å². The molecule has 0 saturated carbocycles. The van der Waals surface area contributed by atoms with Gasteiger partial charge in [0.2, 0.25) is 0 Å². The van der Waals surface area contributed by atoms with Gasteiger partial charge in [-0.1, -0.05) is 6.58 Å².